The molecule has 1 fully saturated rings. The molecule has 0 bridgehead atoms. The van der Waals surface area contributed by atoms with Gasteiger partial charge in [-0.1, -0.05) is 19.8 Å². The number of hydrogen-bond acceptors (Lipinski definition) is 3. The van der Waals surface area contributed by atoms with Crippen LogP contribution in [-0.4, -0.2) is 40.4 Å². The first kappa shape index (κ1) is 15.5. The van der Waals surface area contributed by atoms with E-state index < -0.39 is 0 Å². The van der Waals surface area contributed by atoms with Crippen molar-refractivity contribution in [3.63, 3.8) is 0 Å². The molecule has 4 heteroatoms. The fourth-order valence-electron chi connectivity index (χ4n) is 3.86. The van der Waals surface area contributed by atoms with E-state index in [2.05, 4.69) is 37.1 Å². The quantitative estimate of drug-likeness (QED) is 0.898. The average molecular weight is 278 g/mol. The second-order valence-electron chi connectivity index (χ2n) is 6.79. The minimum Gasteiger partial charge on any atom is -0.326 e. The summed E-state index contributed by atoms with van der Waals surface area (Å²) in [5.74, 6) is 0.786. The maximum Gasteiger partial charge on any atom is 0.0492 e. The van der Waals surface area contributed by atoms with Gasteiger partial charge in [0, 0.05) is 30.5 Å². The summed E-state index contributed by atoms with van der Waals surface area (Å²) in [6.07, 6.45) is 9.03. The molecule has 0 spiro atoms. The zero-order valence-corrected chi connectivity index (χ0v) is 13.5. The maximum absolute atomic E-state index is 6.64. The van der Waals surface area contributed by atoms with Crippen LogP contribution < -0.4 is 5.73 Å². The van der Waals surface area contributed by atoms with E-state index in [4.69, 9.17) is 5.73 Å². The number of aromatic nitrogens is 2. The van der Waals surface area contributed by atoms with Crippen LogP contribution in [0.3, 0.4) is 0 Å². The fourth-order valence-corrected chi connectivity index (χ4v) is 3.86. The van der Waals surface area contributed by atoms with Gasteiger partial charge in [-0.2, -0.15) is 5.10 Å². The highest BCUT2D eigenvalue weighted by Crippen LogP contribution is 2.38. The molecule has 2 N–H and O–H groups in total. The van der Waals surface area contributed by atoms with Crippen molar-refractivity contribution in [3.8, 4) is 0 Å². The predicted octanol–water partition coefficient (Wildman–Crippen LogP) is 2.19. The van der Waals surface area contributed by atoms with Gasteiger partial charge < -0.3 is 10.6 Å². The molecule has 2 rings (SSSR count). The van der Waals surface area contributed by atoms with Crippen LogP contribution in [0.15, 0.2) is 12.3 Å². The third kappa shape index (κ3) is 3.07. The van der Waals surface area contributed by atoms with E-state index in [0.717, 1.165) is 18.8 Å². The number of likely N-dealkylation sites (N-methyl/N-ethyl adjacent to an activating group) is 1. The summed E-state index contributed by atoms with van der Waals surface area (Å²) in [7, 11) is 6.40. The van der Waals surface area contributed by atoms with Gasteiger partial charge in [0.2, 0.25) is 0 Å². The van der Waals surface area contributed by atoms with Crippen molar-refractivity contribution in [3.05, 3.63) is 18.0 Å². The minimum absolute atomic E-state index is 0.177. The molecule has 1 saturated carbocycles. The summed E-state index contributed by atoms with van der Waals surface area (Å²) in [5.41, 5.74) is 8.09. The lowest BCUT2D eigenvalue weighted by Crippen LogP contribution is -2.59. The van der Waals surface area contributed by atoms with Crippen molar-refractivity contribution in [1.82, 2.24) is 14.7 Å². The first-order valence-electron chi connectivity index (χ1n) is 7.85. The van der Waals surface area contributed by atoms with E-state index in [0.29, 0.717) is 0 Å². The Morgan fingerprint density at radius 2 is 2.30 bits per heavy atom. The number of hydrogen-bond donors (Lipinski definition) is 1. The van der Waals surface area contributed by atoms with Crippen molar-refractivity contribution >= 4 is 0 Å². The largest absolute Gasteiger partial charge is 0.326 e. The number of aryl methyl sites for hydroxylation is 2. The van der Waals surface area contributed by atoms with E-state index in [-0.39, 0.29) is 11.6 Å². The van der Waals surface area contributed by atoms with Crippen molar-refractivity contribution in [1.29, 1.82) is 0 Å². The molecule has 0 aliphatic heterocycles. The Morgan fingerprint density at radius 1 is 1.55 bits per heavy atom. The van der Waals surface area contributed by atoms with Gasteiger partial charge in [0.15, 0.2) is 0 Å². The second kappa shape index (κ2) is 6.27. The van der Waals surface area contributed by atoms with Gasteiger partial charge in [0.25, 0.3) is 0 Å². The third-order valence-electron chi connectivity index (χ3n) is 5.22. The van der Waals surface area contributed by atoms with E-state index in [9.17, 15) is 0 Å². The highest BCUT2D eigenvalue weighted by molar-refractivity contribution is 5.05. The third-order valence-corrected chi connectivity index (χ3v) is 5.22. The van der Waals surface area contributed by atoms with Crippen LogP contribution >= 0.6 is 0 Å². The molecule has 0 amide bonds. The van der Waals surface area contributed by atoms with Crippen molar-refractivity contribution in [2.24, 2.45) is 18.7 Å². The lowest BCUT2D eigenvalue weighted by molar-refractivity contribution is 0.0476. The molecule has 0 radical (unpaired) electrons. The zero-order chi connectivity index (χ0) is 14.8. The molecule has 1 aromatic rings. The second-order valence-corrected chi connectivity index (χ2v) is 6.79. The Morgan fingerprint density at radius 3 is 2.85 bits per heavy atom. The van der Waals surface area contributed by atoms with Crippen LogP contribution in [0.25, 0.3) is 0 Å². The van der Waals surface area contributed by atoms with Crippen molar-refractivity contribution < 1.29 is 0 Å². The zero-order valence-electron chi connectivity index (χ0n) is 13.5. The molecule has 0 aromatic carbocycles. The molecule has 114 valence electrons. The lowest BCUT2D eigenvalue weighted by atomic mass is 9.70. The number of nitrogens with two attached hydrogens (primary N) is 1. The summed E-state index contributed by atoms with van der Waals surface area (Å²) in [5, 5.41) is 4.24. The molecule has 20 heavy (non-hydrogen) atoms. The summed E-state index contributed by atoms with van der Waals surface area (Å²) < 4.78 is 1.96. The average Bonchev–Trinajstić information content (AvgIpc) is 2.81. The van der Waals surface area contributed by atoms with Gasteiger partial charge in [-0.05, 0) is 51.8 Å². The molecule has 1 aliphatic rings. The number of nitrogens with zero attached hydrogens (tertiary/aromatic N) is 3. The predicted molar refractivity (Wildman–Crippen MR) is 83.6 cm³/mol. The Hall–Kier alpha value is -0.870. The van der Waals surface area contributed by atoms with Gasteiger partial charge in [0.05, 0.1) is 0 Å². The van der Waals surface area contributed by atoms with Crippen LogP contribution in [-0.2, 0) is 13.5 Å². The van der Waals surface area contributed by atoms with Gasteiger partial charge in [0.1, 0.15) is 0 Å². The smallest absolute Gasteiger partial charge is 0.0492 e. The molecule has 1 aliphatic carbocycles. The first-order chi connectivity index (χ1) is 9.45. The summed E-state index contributed by atoms with van der Waals surface area (Å²) in [4.78, 5) is 2.39. The molecule has 0 saturated heterocycles. The molecule has 1 aromatic heterocycles. The van der Waals surface area contributed by atoms with Crippen LogP contribution in [0.4, 0.5) is 0 Å². The van der Waals surface area contributed by atoms with Crippen LogP contribution in [0.1, 0.15) is 44.7 Å². The molecule has 3 unspecified atom stereocenters. The highest BCUT2D eigenvalue weighted by Gasteiger charge is 2.41. The Kier molecular flexibility index (Phi) is 4.86. The molecule has 3 atom stereocenters. The topological polar surface area (TPSA) is 47.1 Å². The van der Waals surface area contributed by atoms with Crippen molar-refractivity contribution in [2.75, 3.05) is 14.1 Å². The van der Waals surface area contributed by atoms with Gasteiger partial charge in [-0.3, -0.25) is 4.68 Å². The molecular formula is C16H30N4. The van der Waals surface area contributed by atoms with E-state index >= 15 is 0 Å². The lowest BCUT2D eigenvalue weighted by Gasteiger charge is -2.49. The van der Waals surface area contributed by atoms with Crippen LogP contribution in [0.2, 0.25) is 0 Å². The van der Waals surface area contributed by atoms with E-state index in [1.54, 1.807) is 0 Å². The minimum atomic E-state index is 0.177. The van der Waals surface area contributed by atoms with Gasteiger partial charge >= 0.3 is 0 Å². The van der Waals surface area contributed by atoms with Crippen molar-refractivity contribution in [2.45, 2.75) is 57.0 Å². The molecule has 4 nitrogen and oxygen atoms in total. The Balaban J connectivity index is 2.04. The SMILES string of the molecule is CC1CCCC(C(N)CCc2ccnn2C)(N(C)C)C1. The summed E-state index contributed by atoms with van der Waals surface area (Å²) in [6, 6.07) is 2.33. The normalized spacial score (nSPS) is 28.8. The summed E-state index contributed by atoms with van der Waals surface area (Å²) in [6.45, 7) is 2.37. The van der Waals surface area contributed by atoms with E-state index in [1.165, 1.54) is 31.4 Å². The standard InChI is InChI=1S/C16H30N4/c1-13-6-5-10-16(12-13,19(2)3)15(17)8-7-14-9-11-18-20(14)4/h9,11,13,15H,5-8,10,12,17H2,1-4H3. The van der Waals surface area contributed by atoms with Crippen LogP contribution in [0.5, 0.6) is 0 Å². The van der Waals surface area contributed by atoms with Gasteiger partial charge in [-0.15, -0.1) is 0 Å². The maximum atomic E-state index is 6.64. The Labute approximate surface area is 123 Å². The van der Waals surface area contributed by atoms with Gasteiger partial charge in [-0.25, -0.2) is 0 Å². The summed E-state index contributed by atoms with van der Waals surface area (Å²) >= 11 is 0. The number of rotatable bonds is 5. The molecular weight excluding hydrogens is 248 g/mol. The highest BCUT2D eigenvalue weighted by atomic mass is 15.3. The van der Waals surface area contributed by atoms with E-state index in [1.807, 2.05) is 17.9 Å². The molecule has 1 heterocycles. The monoisotopic (exact) mass is 278 g/mol. The fraction of sp³-hybridized carbons (Fsp3) is 0.812. The Bertz CT molecular complexity index is 426. The van der Waals surface area contributed by atoms with Crippen LogP contribution in [0, 0.1) is 5.92 Å². The first-order valence-corrected chi connectivity index (χ1v) is 7.85.